The average molecular weight is 446 g/mol. The summed E-state index contributed by atoms with van der Waals surface area (Å²) >= 11 is 13.2. The second-order valence-corrected chi connectivity index (χ2v) is 8.58. The number of benzene rings is 4. The van der Waals surface area contributed by atoms with Crippen LogP contribution in [-0.2, 0) is 25.9 Å². The minimum Gasteiger partial charge on any atom is -0.219 e. The molecule has 5 rings (SSSR count). The fourth-order valence-electron chi connectivity index (χ4n) is 4.32. The Bertz CT molecular complexity index is 1260. The predicted molar refractivity (Wildman–Crippen MR) is 130 cm³/mol. The monoisotopic (exact) mass is 445 g/mol. The lowest BCUT2D eigenvalue weighted by molar-refractivity contribution is -0.693. The van der Waals surface area contributed by atoms with Gasteiger partial charge in [-0.1, -0.05) is 84.9 Å². The third-order valence-electron chi connectivity index (χ3n) is 5.96. The molecular formula is C27H23Cl2N2+. The van der Waals surface area contributed by atoms with E-state index in [9.17, 15) is 0 Å². The summed E-state index contributed by atoms with van der Waals surface area (Å²) in [6.07, 6.45) is 3.84. The number of rotatable bonds is 6. The molecule has 0 radical (unpaired) electrons. The van der Waals surface area contributed by atoms with Crippen LogP contribution in [0.5, 0.6) is 0 Å². The van der Waals surface area contributed by atoms with Crippen molar-refractivity contribution < 1.29 is 4.57 Å². The minimum atomic E-state index is 0.597. The molecule has 31 heavy (non-hydrogen) atoms. The summed E-state index contributed by atoms with van der Waals surface area (Å²) < 4.78 is 4.10. The minimum absolute atomic E-state index is 0.597. The van der Waals surface area contributed by atoms with Crippen LogP contribution in [0.15, 0.2) is 91.3 Å². The van der Waals surface area contributed by atoms with E-state index in [1.54, 1.807) is 0 Å². The van der Waals surface area contributed by atoms with E-state index in [-0.39, 0.29) is 0 Å². The normalized spacial score (nSPS) is 11.4. The van der Waals surface area contributed by atoms with E-state index >= 15 is 0 Å². The second kappa shape index (κ2) is 8.74. The number of fused-ring (bicyclic) bond motifs is 2. The summed E-state index contributed by atoms with van der Waals surface area (Å²) in [5, 5.41) is 6.31. The van der Waals surface area contributed by atoms with Crippen molar-refractivity contribution in [3.8, 4) is 0 Å². The molecule has 0 saturated carbocycles. The van der Waals surface area contributed by atoms with Crippen molar-refractivity contribution in [2.24, 2.45) is 0 Å². The van der Waals surface area contributed by atoms with Crippen molar-refractivity contribution in [1.29, 1.82) is 0 Å². The highest BCUT2D eigenvalue weighted by molar-refractivity contribution is 6.39. The van der Waals surface area contributed by atoms with Gasteiger partial charge in [0.05, 0.1) is 13.1 Å². The highest BCUT2D eigenvalue weighted by atomic mass is 35.5. The van der Waals surface area contributed by atoms with Gasteiger partial charge in [0.1, 0.15) is 0 Å². The third kappa shape index (κ3) is 4.06. The highest BCUT2D eigenvalue weighted by Gasteiger charge is 2.20. The molecule has 0 aliphatic rings. The largest absolute Gasteiger partial charge is 0.255 e. The van der Waals surface area contributed by atoms with Crippen molar-refractivity contribution in [2.75, 3.05) is 0 Å². The van der Waals surface area contributed by atoms with Gasteiger partial charge in [-0.3, -0.25) is 0 Å². The van der Waals surface area contributed by atoms with Crippen LogP contribution < -0.4 is 4.57 Å². The highest BCUT2D eigenvalue weighted by Crippen LogP contribution is 2.23. The van der Waals surface area contributed by atoms with Gasteiger partial charge in [0.15, 0.2) is 0 Å². The van der Waals surface area contributed by atoms with Gasteiger partial charge in [-0.25, -0.2) is 9.13 Å². The number of hydrogen-bond donors (Lipinski definition) is 0. The molecule has 154 valence electrons. The Morgan fingerprint density at radius 3 is 1.84 bits per heavy atom. The predicted octanol–water partition coefficient (Wildman–Crippen LogP) is 6.87. The molecule has 0 atom stereocenters. The first kappa shape index (κ1) is 20.1. The number of imidazole rings is 1. The Labute approximate surface area is 192 Å². The maximum atomic E-state index is 6.59. The number of nitrogens with zero attached hydrogens (tertiary/aromatic N) is 2. The summed E-state index contributed by atoms with van der Waals surface area (Å²) in [6.45, 7) is 1.57. The molecule has 0 amide bonds. The van der Waals surface area contributed by atoms with E-state index in [4.69, 9.17) is 23.2 Å². The Morgan fingerprint density at radius 2 is 1.19 bits per heavy atom. The molecule has 0 aliphatic heterocycles. The lowest BCUT2D eigenvalue weighted by Crippen LogP contribution is -2.34. The summed E-state index contributed by atoms with van der Waals surface area (Å²) in [5.41, 5.74) is 2.64. The van der Waals surface area contributed by atoms with Crippen molar-refractivity contribution >= 4 is 44.7 Å². The van der Waals surface area contributed by atoms with Crippen molar-refractivity contribution in [3.05, 3.63) is 113 Å². The third-order valence-corrected chi connectivity index (χ3v) is 6.85. The van der Waals surface area contributed by atoms with Crippen molar-refractivity contribution in [1.82, 2.24) is 4.57 Å². The molecule has 4 aromatic carbocycles. The quantitative estimate of drug-likeness (QED) is 0.252. The van der Waals surface area contributed by atoms with Gasteiger partial charge >= 0.3 is 0 Å². The zero-order valence-corrected chi connectivity index (χ0v) is 18.7. The standard InChI is InChI=1S/C27H23Cl2N2/c28-26-27(29)31(18-16-23-12-6-10-21-8-2-4-14-25(21)23)19-30(26)17-15-22-11-5-9-20-7-1-3-13-24(20)22/h1-14,19H,15-18H2/q+1. The number of halogens is 2. The Hall–Kier alpha value is -2.81. The van der Waals surface area contributed by atoms with Gasteiger partial charge in [0.2, 0.25) is 6.33 Å². The van der Waals surface area contributed by atoms with Crippen LogP contribution >= 0.6 is 23.2 Å². The fourth-order valence-corrected chi connectivity index (χ4v) is 4.79. The first-order chi connectivity index (χ1) is 15.2. The van der Waals surface area contributed by atoms with E-state index in [2.05, 4.69) is 94.1 Å². The summed E-state index contributed by atoms with van der Waals surface area (Å²) in [7, 11) is 0. The summed E-state index contributed by atoms with van der Waals surface area (Å²) in [5.74, 6) is 0. The van der Waals surface area contributed by atoms with Gasteiger partial charge in [0.25, 0.3) is 10.3 Å². The van der Waals surface area contributed by atoms with Crippen LogP contribution in [0.25, 0.3) is 21.5 Å². The van der Waals surface area contributed by atoms with Crippen LogP contribution in [-0.4, -0.2) is 4.57 Å². The van der Waals surface area contributed by atoms with Crippen LogP contribution in [0.4, 0.5) is 0 Å². The number of hydrogen-bond acceptors (Lipinski definition) is 0. The molecule has 0 bridgehead atoms. The SMILES string of the molecule is Clc1c(Cl)[n+](CCc2cccc3ccccc23)cn1CCc1cccc2ccccc12. The summed E-state index contributed by atoms with van der Waals surface area (Å²) in [6, 6.07) is 29.9. The van der Waals surface area contributed by atoms with Crippen LogP contribution in [0, 0.1) is 0 Å². The Balaban J connectivity index is 1.34. The molecule has 0 fully saturated rings. The molecule has 0 N–H and O–H groups in total. The molecule has 0 unspecified atom stereocenters. The average Bonchev–Trinajstić information content (AvgIpc) is 3.09. The lowest BCUT2D eigenvalue weighted by atomic mass is 10.0. The topological polar surface area (TPSA) is 8.81 Å². The lowest BCUT2D eigenvalue weighted by Gasteiger charge is -2.05. The summed E-state index contributed by atoms with van der Waals surface area (Å²) in [4.78, 5) is 0. The Kier molecular flexibility index (Phi) is 5.67. The molecule has 2 nitrogen and oxygen atoms in total. The zero-order valence-electron chi connectivity index (χ0n) is 17.1. The molecular weight excluding hydrogens is 423 g/mol. The molecule has 5 aromatic rings. The second-order valence-electron chi connectivity index (χ2n) is 7.86. The van der Waals surface area contributed by atoms with E-state index in [0.717, 1.165) is 25.9 Å². The van der Waals surface area contributed by atoms with E-state index in [1.165, 1.54) is 32.7 Å². The number of aryl methyl sites for hydroxylation is 4. The van der Waals surface area contributed by atoms with Crippen LogP contribution in [0.1, 0.15) is 11.1 Å². The van der Waals surface area contributed by atoms with Crippen molar-refractivity contribution in [3.63, 3.8) is 0 Å². The van der Waals surface area contributed by atoms with Gasteiger partial charge in [0, 0.05) is 12.8 Å². The number of aromatic nitrogens is 2. The van der Waals surface area contributed by atoms with Gasteiger partial charge in [-0.2, -0.15) is 0 Å². The van der Waals surface area contributed by atoms with E-state index in [0.29, 0.717) is 10.3 Å². The smallest absolute Gasteiger partial charge is 0.219 e. The molecule has 0 aliphatic carbocycles. The van der Waals surface area contributed by atoms with Crippen LogP contribution in [0.3, 0.4) is 0 Å². The Morgan fingerprint density at radius 1 is 0.645 bits per heavy atom. The molecule has 1 aromatic heterocycles. The van der Waals surface area contributed by atoms with Crippen LogP contribution in [0.2, 0.25) is 10.3 Å². The first-order valence-electron chi connectivity index (χ1n) is 10.6. The molecule has 0 saturated heterocycles. The van der Waals surface area contributed by atoms with E-state index in [1.807, 2.05) is 6.33 Å². The van der Waals surface area contributed by atoms with Gasteiger partial charge in [-0.05, 0) is 55.9 Å². The molecule has 0 spiro atoms. The zero-order chi connectivity index (χ0) is 21.2. The maximum absolute atomic E-state index is 6.59. The van der Waals surface area contributed by atoms with Crippen molar-refractivity contribution in [2.45, 2.75) is 25.9 Å². The van der Waals surface area contributed by atoms with Gasteiger partial charge < -0.3 is 0 Å². The first-order valence-corrected chi connectivity index (χ1v) is 11.3. The molecule has 4 heteroatoms. The van der Waals surface area contributed by atoms with Gasteiger partial charge in [-0.15, -0.1) is 0 Å². The molecule has 1 heterocycles. The fraction of sp³-hybridized carbons (Fsp3) is 0.148. The van der Waals surface area contributed by atoms with E-state index < -0.39 is 0 Å². The maximum Gasteiger partial charge on any atom is 0.255 e.